The molecule has 1 fully saturated rings. The molecule has 0 saturated carbocycles. The third-order valence-electron chi connectivity index (χ3n) is 4.15. The van der Waals surface area contributed by atoms with Gasteiger partial charge in [0.05, 0.1) is 11.3 Å². The van der Waals surface area contributed by atoms with Gasteiger partial charge in [0.25, 0.3) is 0 Å². The minimum absolute atomic E-state index is 0.0939. The summed E-state index contributed by atoms with van der Waals surface area (Å²) in [6.07, 6.45) is 0.306. The Balaban J connectivity index is 1.57. The molecule has 0 N–H and O–H groups in total. The molecule has 29 heavy (non-hydrogen) atoms. The monoisotopic (exact) mass is 403 g/mol. The highest BCUT2D eigenvalue weighted by atomic mass is 19.3. The fourth-order valence-electron chi connectivity index (χ4n) is 2.73. The van der Waals surface area contributed by atoms with Crippen LogP contribution in [0.3, 0.4) is 0 Å². The van der Waals surface area contributed by atoms with Gasteiger partial charge in [-0.25, -0.2) is 4.79 Å². The second-order valence-electron chi connectivity index (χ2n) is 6.07. The Morgan fingerprint density at radius 3 is 2.00 bits per heavy atom. The van der Waals surface area contributed by atoms with Gasteiger partial charge in [-0.05, 0) is 48.5 Å². The van der Waals surface area contributed by atoms with Crippen molar-refractivity contribution >= 4 is 29.3 Å². The second-order valence-corrected chi connectivity index (χ2v) is 6.07. The Morgan fingerprint density at radius 1 is 0.897 bits per heavy atom. The molecule has 0 unspecified atom stereocenters. The number of nitrogens with zero attached hydrogens (tertiary/aromatic N) is 1. The summed E-state index contributed by atoms with van der Waals surface area (Å²) in [6, 6.07) is 10.7. The van der Waals surface area contributed by atoms with Gasteiger partial charge in [0.2, 0.25) is 11.8 Å². The number of carbonyl (C=O) groups is 4. The lowest BCUT2D eigenvalue weighted by Gasteiger charge is -2.14. The molecule has 0 radical (unpaired) electrons. The van der Waals surface area contributed by atoms with Crippen LogP contribution in [0.25, 0.3) is 0 Å². The van der Waals surface area contributed by atoms with Crippen LogP contribution in [-0.4, -0.2) is 36.8 Å². The number of imide groups is 1. The smallest absolute Gasteiger partial charge is 0.387 e. The average molecular weight is 403 g/mol. The number of hydrogen-bond acceptors (Lipinski definition) is 6. The van der Waals surface area contributed by atoms with E-state index in [-0.39, 0.29) is 41.5 Å². The van der Waals surface area contributed by atoms with Gasteiger partial charge in [0, 0.05) is 18.4 Å². The lowest BCUT2D eigenvalue weighted by molar-refractivity contribution is -0.121. The van der Waals surface area contributed by atoms with Crippen molar-refractivity contribution in [3.05, 3.63) is 59.7 Å². The summed E-state index contributed by atoms with van der Waals surface area (Å²) in [6.45, 7) is -3.51. The number of rotatable bonds is 7. The summed E-state index contributed by atoms with van der Waals surface area (Å²) >= 11 is 0. The van der Waals surface area contributed by atoms with Crippen molar-refractivity contribution in [3.8, 4) is 5.75 Å². The van der Waals surface area contributed by atoms with Gasteiger partial charge in [0.1, 0.15) is 5.75 Å². The Bertz CT molecular complexity index is 924. The minimum atomic E-state index is -2.97. The molecule has 0 atom stereocenters. The summed E-state index contributed by atoms with van der Waals surface area (Å²) in [5, 5.41) is 0. The van der Waals surface area contributed by atoms with E-state index in [0.29, 0.717) is 5.69 Å². The fourth-order valence-corrected chi connectivity index (χ4v) is 2.73. The van der Waals surface area contributed by atoms with Crippen molar-refractivity contribution in [3.63, 3.8) is 0 Å². The maximum absolute atomic E-state index is 12.1. The maximum atomic E-state index is 12.1. The number of amides is 2. The molecule has 0 spiro atoms. The first-order chi connectivity index (χ1) is 13.8. The Kier molecular flexibility index (Phi) is 5.96. The summed E-state index contributed by atoms with van der Waals surface area (Å²) in [5.41, 5.74) is 0.665. The van der Waals surface area contributed by atoms with E-state index in [1.165, 1.54) is 48.5 Å². The summed E-state index contributed by atoms with van der Waals surface area (Å²) in [5.74, 6) is -1.99. The van der Waals surface area contributed by atoms with Gasteiger partial charge >= 0.3 is 12.6 Å². The van der Waals surface area contributed by atoms with E-state index in [1.807, 2.05) is 0 Å². The number of anilines is 1. The molecular formula is C20H15F2NO6. The van der Waals surface area contributed by atoms with Gasteiger partial charge in [-0.3, -0.25) is 19.3 Å². The van der Waals surface area contributed by atoms with Crippen molar-refractivity contribution < 1.29 is 37.4 Å². The summed E-state index contributed by atoms with van der Waals surface area (Å²) in [7, 11) is 0. The number of Topliss-reactive ketones (excluding diaryl/α,β-unsaturated/α-hetero) is 1. The highest BCUT2D eigenvalue weighted by Gasteiger charge is 2.30. The zero-order chi connectivity index (χ0) is 21.0. The standard InChI is InChI=1S/C20H15F2NO6/c21-20(22)29-15-7-3-12(4-8-15)16(24)11-28-19(27)13-1-5-14(6-2-13)23-17(25)9-10-18(23)26/h1-8,20H,9-11H2. The van der Waals surface area contributed by atoms with E-state index in [4.69, 9.17) is 4.74 Å². The van der Waals surface area contributed by atoms with Crippen LogP contribution in [-0.2, 0) is 14.3 Å². The number of hydrogen-bond donors (Lipinski definition) is 0. The molecule has 7 nitrogen and oxygen atoms in total. The van der Waals surface area contributed by atoms with Gasteiger partial charge in [-0.1, -0.05) is 0 Å². The highest BCUT2D eigenvalue weighted by molar-refractivity contribution is 6.19. The molecule has 9 heteroatoms. The SMILES string of the molecule is O=C(COC(=O)c1ccc(N2C(=O)CCC2=O)cc1)c1ccc(OC(F)F)cc1. The van der Waals surface area contributed by atoms with Crippen LogP contribution in [0.1, 0.15) is 33.6 Å². The zero-order valence-electron chi connectivity index (χ0n) is 15.0. The quantitative estimate of drug-likeness (QED) is 0.401. The predicted octanol–water partition coefficient (Wildman–Crippen LogP) is 2.98. The maximum Gasteiger partial charge on any atom is 0.387 e. The second kappa shape index (κ2) is 8.59. The molecular weight excluding hydrogens is 388 g/mol. The number of carbonyl (C=O) groups excluding carboxylic acids is 4. The highest BCUT2D eigenvalue weighted by Crippen LogP contribution is 2.23. The first kappa shape index (κ1) is 20.1. The van der Waals surface area contributed by atoms with Crippen molar-refractivity contribution in [2.24, 2.45) is 0 Å². The van der Waals surface area contributed by atoms with E-state index in [0.717, 1.165) is 4.90 Å². The van der Waals surface area contributed by atoms with Crippen LogP contribution < -0.4 is 9.64 Å². The minimum Gasteiger partial charge on any atom is -0.454 e. The molecule has 1 saturated heterocycles. The molecule has 2 aromatic rings. The van der Waals surface area contributed by atoms with Crippen LogP contribution in [0, 0.1) is 0 Å². The molecule has 150 valence electrons. The van der Waals surface area contributed by atoms with Gasteiger partial charge in [0.15, 0.2) is 12.4 Å². The lowest BCUT2D eigenvalue weighted by atomic mass is 10.1. The van der Waals surface area contributed by atoms with Crippen molar-refractivity contribution in [2.75, 3.05) is 11.5 Å². The average Bonchev–Trinajstić information content (AvgIpc) is 3.04. The molecule has 1 aliphatic heterocycles. The van der Waals surface area contributed by atoms with E-state index in [2.05, 4.69) is 4.74 Å². The van der Waals surface area contributed by atoms with Crippen LogP contribution in [0.15, 0.2) is 48.5 Å². The molecule has 2 aromatic carbocycles. The molecule has 1 heterocycles. The van der Waals surface area contributed by atoms with E-state index >= 15 is 0 Å². The number of esters is 1. The van der Waals surface area contributed by atoms with Crippen LogP contribution >= 0.6 is 0 Å². The number of halogens is 2. The van der Waals surface area contributed by atoms with Gasteiger partial charge in [-0.2, -0.15) is 8.78 Å². The van der Waals surface area contributed by atoms with Crippen molar-refractivity contribution in [1.29, 1.82) is 0 Å². The normalized spacial score (nSPS) is 13.7. The number of ether oxygens (including phenoxy) is 2. The largest absolute Gasteiger partial charge is 0.454 e. The Hall–Kier alpha value is -3.62. The predicted molar refractivity (Wildman–Crippen MR) is 95.9 cm³/mol. The van der Waals surface area contributed by atoms with Crippen LogP contribution in [0.5, 0.6) is 5.75 Å². The van der Waals surface area contributed by atoms with E-state index in [1.54, 1.807) is 0 Å². The van der Waals surface area contributed by atoms with E-state index in [9.17, 15) is 28.0 Å². The molecule has 0 aromatic heterocycles. The molecule has 0 bridgehead atoms. The third-order valence-corrected chi connectivity index (χ3v) is 4.15. The zero-order valence-corrected chi connectivity index (χ0v) is 15.0. The molecule has 2 amide bonds. The summed E-state index contributed by atoms with van der Waals surface area (Å²) < 4.78 is 33.4. The topological polar surface area (TPSA) is 90.0 Å². The molecule has 1 aliphatic rings. The Labute approximate surface area is 163 Å². The summed E-state index contributed by atoms with van der Waals surface area (Å²) in [4.78, 5) is 48.7. The van der Waals surface area contributed by atoms with Crippen LogP contribution in [0.2, 0.25) is 0 Å². The number of alkyl halides is 2. The van der Waals surface area contributed by atoms with Gasteiger partial charge in [-0.15, -0.1) is 0 Å². The third kappa shape index (κ3) is 4.81. The first-order valence-electron chi connectivity index (χ1n) is 8.56. The fraction of sp³-hybridized carbons (Fsp3) is 0.200. The van der Waals surface area contributed by atoms with Crippen LogP contribution in [0.4, 0.5) is 14.5 Å². The van der Waals surface area contributed by atoms with Gasteiger partial charge < -0.3 is 9.47 Å². The molecule has 3 rings (SSSR count). The van der Waals surface area contributed by atoms with Crippen molar-refractivity contribution in [2.45, 2.75) is 19.5 Å². The number of ketones is 1. The molecule has 0 aliphatic carbocycles. The first-order valence-corrected chi connectivity index (χ1v) is 8.56. The lowest BCUT2D eigenvalue weighted by Crippen LogP contribution is -2.28. The number of benzene rings is 2. The van der Waals surface area contributed by atoms with E-state index < -0.39 is 25.0 Å². The van der Waals surface area contributed by atoms with Crippen molar-refractivity contribution in [1.82, 2.24) is 0 Å². The Morgan fingerprint density at radius 2 is 1.45 bits per heavy atom.